The van der Waals surface area contributed by atoms with Crippen LogP contribution in [0.3, 0.4) is 0 Å². The van der Waals surface area contributed by atoms with Crippen LogP contribution in [0.25, 0.3) is 20.2 Å². The van der Waals surface area contributed by atoms with Crippen LogP contribution < -0.4 is 5.73 Å². The first kappa shape index (κ1) is 12.0. The lowest BCUT2D eigenvalue weighted by Crippen LogP contribution is -2.11. The zero-order chi connectivity index (χ0) is 13.5. The molecule has 4 heteroatoms. The van der Waals surface area contributed by atoms with Gasteiger partial charge in [0.05, 0.1) is 6.04 Å². The van der Waals surface area contributed by atoms with E-state index >= 15 is 0 Å². The molecule has 0 aliphatic carbocycles. The molecule has 0 bridgehead atoms. The summed E-state index contributed by atoms with van der Waals surface area (Å²) >= 11 is 3.54. The number of thiophene rings is 2. The Hall–Kier alpha value is -1.75. The molecule has 3 heterocycles. The lowest BCUT2D eigenvalue weighted by Gasteiger charge is -2.12. The third-order valence-electron chi connectivity index (χ3n) is 3.50. The van der Waals surface area contributed by atoms with Gasteiger partial charge in [0.1, 0.15) is 0 Å². The van der Waals surface area contributed by atoms with E-state index in [1.165, 1.54) is 19.7 Å². The van der Waals surface area contributed by atoms with Crippen molar-refractivity contribution >= 4 is 42.8 Å². The first-order chi connectivity index (χ1) is 9.83. The molecule has 0 amide bonds. The number of hydrogen-bond donors (Lipinski definition) is 1. The van der Waals surface area contributed by atoms with Gasteiger partial charge in [0.2, 0.25) is 0 Å². The second-order valence-electron chi connectivity index (χ2n) is 4.73. The maximum atomic E-state index is 6.48. The Morgan fingerprint density at radius 1 is 1.05 bits per heavy atom. The number of hydrogen-bond acceptors (Lipinski definition) is 4. The molecule has 98 valence electrons. The highest BCUT2D eigenvalue weighted by atomic mass is 32.1. The summed E-state index contributed by atoms with van der Waals surface area (Å²) in [5, 5.41) is 4.45. The van der Waals surface area contributed by atoms with Crippen LogP contribution in [0, 0.1) is 0 Å². The number of fused-ring (bicyclic) bond motifs is 2. The minimum absolute atomic E-state index is 0.113. The summed E-state index contributed by atoms with van der Waals surface area (Å²) in [6.07, 6.45) is 3.78. The largest absolute Gasteiger partial charge is 0.320 e. The van der Waals surface area contributed by atoms with Gasteiger partial charge in [0.25, 0.3) is 0 Å². The van der Waals surface area contributed by atoms with Crippen LogP contribution in [-0.2, 0) is 0 Å². The van der Waals surface area contributed by atoms with Crippen molar-refractivity contribution in [1.82, 2.24) is 4.98 Å². The molecule has 20 heavy (non-hydrogen) atoms. The van der Waals surface area contributed by atoms with Crippen LogP contribution in [0.1, 0.15) is 16.5 Å². The highest BCUT2D eigenvalue weighted by Gasteiger charge is 2.15. The molecule has 0 saturated heterocycles. The molecule has 0 fully saturated rings. The van der Waals surface area contributed by atoms with E-state index in [0.29, 0.717) is 0 Å². The van der Waals surface area contributed by atoms with Crippen LogP contribution >= 0.6 is 22.7 Å². The minimum atomic E-state index is -0.113. The van der Waals surface area contributed by atoms with E-state index in [1.807, 2.05) is 24.5 Å². The average molecular weight is 296 g/mol. The number of nitrogens with zero attached hydrogens (tertiary/aromatic N) is 1. The Balaban J connectivity index is 1.87. The van der Waals surface area contributed by atoms with Gasteiger partial charge in [-0.25, -0.2) is 0 Å². The Morgan fingerprint density at radius 2 is 1.95 bits per heavy atom. The molecule has 3 aromatic heterocycles. The molecule has 2 nitrogen and oxygen atoms in total. The van der Waals surface area contributed by atoms with Gasteiger partial charge in [0, 0.05) is 37.6 Å². The van der Waals surface area contributed by atoms with Crippen LogP contribution in [0.5, 0.6) is 0 Å². The van der Waals surface area contributed by atoms with Crippen LogP contribution in [0.2, 0.25) is 0 Å². The van der Waals surface area contributed by atoms with Gasteiger partial charge in [0.15, 0.2) is 0 Å². The summed E-state index contributed by atoms with van der Waals surface area (Å²) in [6, 6.07) is 12.5. The highest BCUT2D eigenvalue weighted by Crippen LogP contribution is 2.36. The SMILES string of the molecule is NC(c1cc2sccc2s1)c1cncc2ccccc12. The molecule has 0 spiro atoms. The van der Waals surface area contributed by atoms with Crippen molar-refractivity contribution < 1.29 is 0 Å². The van der Waals surface area contributed by atoms with E-state index in [1.54, 1.807) is 22.7 Å². The van der Waals surface area contributed by atoms with E-state index in [4.69, 9.17) is 5.73 Å². The summed E-state index contributed by atoms with van der Waals surface area (Å²) < 4.78 is 2.63. The summed E-state index contributed by atoms with van der Waals surface area (Å²) in [5.74, 6) is 0. The predicted molar refractivity (Wildman–Crippen MR) is 87.5 cm³/mol. The van der Waals surface area contributed by atoms with Crippen LogP contribution in [-0.4, -0.2) is 4.98 Å². The summed E-state index contributed by atoms with van der Waals surface area (Å²) in [6.45, 7) is 0. The van der Waals surface area contributed by atoms with Gasteiger partial charge in [-0.1, -0.05) is 24.3 Å². The number of pyridine rings is 1. The quantitative estimate of drug-likeness (QED) is 0.589. The smallest absolute Gasteiger partial charge is 0.0668 e. The van der Waals surface area contributed by atoms with Gasteiger partial charge in [-0.05, 0) is 22.9 Å². The summed E-state index contributed by atoms with van der Waals surface area (Å²) in [4.78, 5) is 5.53. The molecule has 1 aromatic carbocycles. The highest BCUT2D eigenvalue weighted by molar-refractivity contribution is 7.27. The first-order valence-corrected chi connectivity index (χ1v) is 8.08. The minimum Gasteiger partial charge on any atom is -0.320 e. The zero-order valence-corrected chi connectivity index (χ0v) is 12.2. The van der Waals surface area contributed by atoms with Crippen molar-refractivity contribution in [2.45, 2.75) is 6.04 Å². The van der Waals surface area contributed by atoms with Crippen molar-refractivity contribution in [3.63, 3.8) is 0 Å². The lowest BCUT2D eigenvalue weighted by atomic mass is 10.0. The predicted octanol–water partition coefficient (Wildman–Crippen LogP) is 4.56. The number of aromatic nitrogens is 1. The van der Waals surface area contributed by atoms with Crippen LogP contribution in [0.4, 0.5) is 0 Å². The molecule has 1 atom stereocenters. The maximum absolute atomic E-state index is 6.48. The van der Waals surface area contributed by atoms with Gasteiger partial charge >= 0.3 is 0 Å². The standard InChI is InChI=1S/C16H12N2S2/c17-16(15-7-14-13(20-15)5-6-19-14)12-9-18-8-10-3-1-2-4-11(10)12/h1-9,16H,17H2. The van der Waals surface area contributed by atoms with Crippen molar-refractivity contribution in [3.8, 4) is 0 Å². The molecular weight excluding hydrogens is 284 g/mol. The van der Waals surface area contributed by atoms with E-state index in [0.717, 1.165) is 10.9 Å². The maximum Gasteiger partial charge on any atom is 0.0668 e. The average Bonchev–Trinajstić information content (AvgIpc) is 3.07. The van der Waals surface area contributed by atoms with Gasteiger partial charge in [-0.2, -0.15) is 0 Å². The van der Waals surface area contributed by atoms with Crippen molar-refractivity contribution in [2.75, 3.05) is 0 Å². The fraction of sp³-hybridized carbons (Fsp3) is 0.0625. The normalized spacial score (nSPS) is 13.1. The molecule has 0 aliphatic heterocycles. The summed E-state index contributed by atoms with van der Waals surface area (Å²) in [5.41, 5.74) is 7.57. The monoisotopic (exact) mass is 296 g/mol. The van der Waals surface area contributed by atoms with Crippen LogP contribution in [0.15, 0.2) is 54.2 Å². The van der Waals surface area contributed by atoms with Gasteiger partial charge < -0.3 is 5.73 Å². The molecule has 0 aliphatic rings. The second-order valence-corrected chi connectivity index (χ2v) is 6.79. The van der Waals surface area contributed by atoms with Crippen molar-refractivity contribution in [2.24, 2.45) is 5.73 Å². The molecule has 4 rings (SSSR count). The molecule has 4 aromatic rings. The molecule has 1 unspecified atom stereocenters. The molecule has 2 N–H and O–H groups in total. The van der Waals surface area contributed by atoms with Gasteiger partial charge in [-0.3, -0.25) is 4.98 Å². The van der Waals surface area contributed by atoms with E-state index in [9.17, 15) is 0 Å². The third kappa shape index (κ3) is 1.85. The topological polar surface area (TPSA) is 38.9 Å². The van der Waals surface area contributed by atoms with E-state index < -0.39 is 0 Å². The van der Waals surface area contributed by atoms with Gasteiger partial charge in [-0.15, -0.1) is 22.7 Å². The summed E-state index contributed by atoms with van der Waals surface area (Å²) in [7, 11) is 0. The van der Waals surface area contributed by atoms with E-state index in [2.05, 4.69) is 34.6 Å². The third-order valence-corrected chi connectivity index (χ3v) is 5.68. The Morgan fingerprint density at radius 3 is 2.85 bits per heavy atom. The fourth-order valence-corrected chi connectivity index (χ4v) is 4.62. The van der Waals surface area contributed by atoms with Crippen molar-refractivity contribution in [1.29, 1.82) is 0 Å². The Kier molecular flexibility index (Phi) is 2.80. The molecule has 0 radical (unpaired) electrons. The number of nitrogens with two attached hydrogens (primary N) is 1. The Bertz CT molecular complexity index is 858. The second kappa shape index (κ2) is 4.66. The molecular formula is C16H12N2S2. The Labute approximate surface area is 124 Å². The lowest BCUT2D eigenvalue weighted by molar-refractivity contribution is 0.896. The van der Waals surface area contributed by atoms with Crippen molar-refractivity contribution in [3.05, 3.63) is 64.6 Å². The first-order valence-electron chi connectivity index (χ1n) is 6.38. The zero-order valence-electron chi connectivity index (χ0n) is 10.6. The number of rotatable bonds is 2. The molecule has 0 saturated carbocycles. The number of benzene rings is 1. The van der Waals surface area contributed by atoms with E-state index in [-0.39, 0.29) is 6.04 Å². The fourth-order valence-electron chi connectivity index (χ4n) is 2.48.